The Morgan fingerprint density at radius 1 is 1.14 bits per heavy atom. The number of ether oxygens (including phenoxy) is 1. The van der Waals surface area contributed by atoms with Crippen molar-refractivity contribution in [2.75, 3.05) is 39.7 Å². The molecule has 4 rings (SSSR count). The second-order valence-corrected chi connectivity index (χ2v) is 13.1. The summed E-state index contributed by atoms with van der Waals surface area (Å²) >= 11 is 0. The molecule has 0 aliphatic heterocycles. The summed E-state index contributed by atoms with van der Waals surface area (Å²) in [4.78, 5) is 55.3. The van der Waals surface area contributed by atoms with E-state index >= 15 is 0 Å². The minimum Gasteiger partial charge on any atom is -0.510 e. The summed E-state index contributed by atoms with van der Waals surface area (Å²) < 4.78 is 5.23. The molecule has 0 heterocycles. The number of aromatic hydroxyl groups is 1. The van der Waals surface area contributed by atoms with Gasteiger partial charge in [-0.2, -0.15) is 0 Å². The number of rotatable bonds is 6. The van der Waals surface area contributed by atoms with Gasteiger partial charge in [0.2, 0.25) is 5.78 Å². The van der Waals surface area contributed by atoms with Gasteiger partial charge in [-0.15, -0.1) is 0 Å². The van der Waals surface area contributed by atoms with Gasteiger partial charge in [-0.05, 0) is 49.9 Å². The van der Waals surface area contributed by atoms with Crippen molar-refractivity contribution in [3.63, 3.8) is 0 Å². The third-order valence-corrected chi connectivity index (χ3v) is 8.32. The molecule has 3 aliphatic rings. The highest BCUT2D eigenvalue weighted by Gasteiger charge is 2.63. The molecule has 13 nitrogen and oxygen atoms in total. The topological polar surface area (TPSA) is 203 Å². The average Bonchev–Trinajstić information content (AvgIpc) is 2.88. The summed E-state index contributed by atoms with van der Waals surface area (Å²) in [6.07, 6.45) is -0.572. The lowest BCUT2D eigenvalue weighted by Crippen LogP contribution is -2.63. The number of phenols is 1. The molecule has 1 aromatic rings. The van der Waals surface area contributed by atoms with E-state index in [1.807, 2.05) is 20.8 Å². The first-order chi connectivity index (χ1) is 19.8. The number of carbonyl (C=O) groups excluding carboxylic acids is 4. The van der Waals surface area contributed by atoms with E-state index in [-0.39, 0.29) is 48.1 Å². The average molecular weight is 601 g/mol. The summed E-state index contributed by atoms with van der Waals surface area (Å²) in [5, 5.41) is 48.1. The number of nitrogens with one attached hydrogen (secondary N) is 1. The van der Waals surface area contributed by atoms with E-state index in [1.165, 1.54) is 4.90 Å². The van der Waals surface area contributed by atoms with Crippen molar-refractivity contribution < 1.29 is 44.3 Å². The number of benzene rings is 1. The first-order valence-electron chi connectivity index (χ1n) is 13.9. The van der Waals surface area contributed by atoms with Crippen LogP contribution in [0.15, 0.2) is 28.7 Å². The highest BCUT2D eigenvalue weighted by atomic mass is 16.5. The minimum absolute atomic E-state index is 0.0116. The first kappa shape index (κ1) is 31.8. The zero-order valence-electron chi connectivity index (χ0n) is 25.4. The van der Waals surface area contributed by atoms with Crippen LogP contribution in [-0.2, 0) is 27.3 Å². The number of likely N-dealkylation sites (N-methyl/N-ethyl adjacent to an activating group) is 1. The molecule has 7 N–H and O–H groups in total. The van der Waals surface area contributed by atoms with Crippen LogP contribution in [0.2, 0.25) is 0 Å². The molecule has 1 unspecified atom stereocenters. The van der Waals surface area contributed by atoms with Crippen molar-refractivity contribution in [1.29, 1.82) is 0 Å². The van der Waals surface area contributed by atoms with E-state index in [0.29, 0.717) is 11.3 Å². The summed E-state index contributed by atoms with van der Waals surface area (Å²) in [6, 6.07) is 0.582. The number of nitrogens with zero attached hydrogens (tertiary/aromatic N) is 2. The number of primary amides is 1. The van der Waals surface area contributed by atoms with Crippen LogP contribution in [0.4, 0.5) is 10.5 Å². The predicted octanol–water partition coefficient (Wildman–Crippen LogP) is 1.46. The first-order valence-corrected chi connectivity index (χ1v) is 13.9. The van der Waals surface area contributed by atoms with Crippen molar-refractivity contribution >= 4 is 29.3 Å². The smallest absolute Gasteiger partial charge is 0.407 e. The van der Waals surface area contributed by atoms with Gasteiger partial charge in [0.15, 0.2) is 11.4 Å². The molecule has 3 aliphatic carbocycles. The Morgan fingerprint density at radius 3 is 2.30 bits per heavy atom. The molecule has 13 heteroatoms. The molecule has 0 radical (unpaired) electrons. The van der Waals surface area contributed by atoms with Gasteiger partial charge in [-0.1, -0.05) is 20.8 Å². The van der Waals surface area contributed by atoms with Crippen LogP contribution < -0.4 is 16.0 Å². The van der Waals surface area contributed by atoms with Gasteiger partial charge in [0.1, 0.15) is 22.8 Å². The second-order valence-electron chi connectivity index (χ2n) is 13.1. The highest BCUT2D eigenvalue weighted by Crippen LogP contribution is 2.53. The number of ketones is 2. The van der Waals surface area contributed by atoms with Gasteiger partial charge >= 0.3 is 6.09 Å². The number of hydrogen-bond acceptors (Lipinski definition) is 11. The van der Waals surface area contributed by atoms with Crippen LogP contribution in [-0.4, -0.2) is 95.3 Å². The zero-order chi connectivity index (χ0) is 32.3. The van der Waals surface area contributed by atoms with Gasteiger partial charge in [0.05, 0.1) is 18.2 Å². The fourth-order valence-corrected chi connectivity index (χ4v) is 6.39. The zero-order valence-corrected chi connectivity index (χ0v) is 25.4. The maximum atomic E-state index is 14.1. The Balaban J connectivity index is 1.82. The molecule has 1 aromatic carbocycles. The van der Waals surface area contributed by atoms with Crippen LogP contribution in [0.3, 0.4) is 0 Å². The Hall–Kier alpha value is -4.10. The highest BCUT2D eigenvalue weighted by molar-refractivity contribution is 6.25. The Morgan fingerprint density at radius 2 is 1.77 bits per heavy atom. The molecule has 0 fully saturated rings. The van der Waals surface area contributed by atoms with Gasteiger partial charge in [-0.3, -0.25) is 19.3 Å². The van der Waals surface area contributed by atoms with Crippen LogP contribution >= 0.6 is 0 Å². The van der Waals surface area contributed by atoms with Crippen LogP contribution in [0, 0.1) is 17.3 Å². The SMILES string of the molecule is CN(C)c1cc(CNC(=O)OCC(C)(C)C)c(O)c2c1C[C@@H]1C[C@@H]3C(N(C)C)C(O)=C(C(N)=O)C(=O)[C@]3(O)C(O)=C1C2=O. The molecule has 234 valence electrons. The standard InChI is InChI=1S/C30H40N4O9/c1-29(2,3)12-43-28(41)32-11-14-10-17(33(4)5)15-8-13-9-16-21(34(6)7)24(37)20(27(31)40)26(39)30(16,42)25(38)18(13)23(36)19(15)22(14)35/h10,13,16,21,35,37-38,42H,8-9,11-12H2,1-7H3,(H2,31,40)(H,32,41)/t13-,16-,21?,30-/m1/s1. The monoisotopic (exact) mass is 600 g/mol. The molecule has 0 spiro atoms. The van der Waals surface area contributed by atoms with Crippen LogP contribution in [0.1, 0.15) is 48.7 Å². The Labute approximate surface area is 249 Å². The fourth-order valence-electron chi connectivity index (χ4n) is 6.39. The lowest BCUT2D eigenvalue weighted by molar-refractivity contribution is -0.148. The van der Waals surface area contributed by atoms with Crippen LogP contribution in [0.25, 0.3) is 0 Å². The number of hydrogen-bond donors (Lipinski definition) is 6. The largest absolute Gasteiger partial charge is 0.510 e. The molecule has 0 saturated heterocycles. The van der Waals surface area contributed by atoms with Gasteiger partial charge in [0.25, 0.3) is 5.91 Å². The number of aliphatic hydroxyl groups is 3. The molecule has 43 heavy (non-hydrogen) atoms. The molecule has 0 saturated carbocycles. The van der Waals surface area contributed by atoms with E-state index in [1.54, 1.807) is 39.2 Å². The van der Waals surface area contributed by atoms with Crippen molar-refractivity contribution in [1.82, 2.24) is 10.2 Å². The van der Waals surface area contributed by atoms with Gasteiger partial charge in [-0.25, -0.2) is 4.79 Å². The number of amides is 2. The number of fused-ring (bicyclic) bond motifs is 3. The third kappa shape index (κ3) is 5.20. The molecular weight excluding hydrogens is 560 g/mol. The Bertz CT molecular complexity index is 1470. The van der Waals surface area contributed by atoms with Crippen molar-refractivity contribution in [3.05, 3.63) is 45.4 Å². The lowest BCUT2D eigenvalue weighted by Gasteiger charge is -2.50. The van der Waals surface area contributed by atoms with Crippen molar-refractivity contribution in [2.45, 2.75) is 51.8 Å². The second kappa shape index (κ2) is 10.9. The third-order valence-electron chi connectivity index (χ3n) is 8.32. The van der Waals surface area contributed by atoms with E-state index in [4.69, 9.17) is 10.5 Å². The predicted molar refractivity (Wildman–Crippen MR) is 156 cm³/mol. The quantitative estimate of drug-likeness (QED) is 0.258. The summed E-state index contributed by atoms with van der Waals surface area (Å²) in [7, 11) is 6.66. The number of allylic oxidation sites excluding steroid dienone is 1. The van der Waals surface area contributed by atoms with E-state index in [2.05, 4.69) is 5.32 Å². The van der Waals surface area contributed by atoms with Crippen molar-refractivity contribution in [3.8, 4) is 5.75 Å². The summed E-state index contributed by atoms with van der Waals surface area (Å²) in [5.41, 5.74) is 2.43. The number of phenolic OH excluding ortho intramolecular Hbond substituents is 1. The van der Waals surface area contributed by atoms with Gasteiger partial charge < -0.3 is 41.1 Å². The lowest BCUT2D eigenvalue weighted by atomic mass is 9.58. The number of Topliss-reactive ketones (excluding diaryl/α,β-unsaturated/α-hetero) is 2. The molecular formula is C30H40N4O9. The summed E-state index contributed by atoms with van der Waals surface area (Å²) in [6.45, 7) is 5.70. The van der Waals surface area contributed by atoms with E-state index in [0.717, 1.165) is 0 Å². The molecule has 4 atom stereocenters. The number of carbonyl (C=O) groups is 4. The van der Waals surface area contributed by atoms with E-state index < -0.39 is 69.9 Å². The van der Waals surface area contributed by atoms with Gasteiger partial charge in [0, 0.05) is 43.4 Å². The van der Waals surface area contributed by atoms with Crippen LogP contribution in [0.5, 0.6) is 5.75 Å². The Kier molecular flexibility index (Phi) is 8.05. The normalized spacial score (nSPS) is 25.3. The number of anilines is 1. The van der Waals surface area contributed by atoms with E-state index in [9.17, 15) is 39.6 Å². The minimum atomic E-state index is -2.72. The molecule has 2 amide bonds. The maximum Gasteiger partial charge on any atom is 0.407 e. The maximum absolute atomic E-state index is 14.1. The van der Waals surface area contributed by atoms with Crippen molar-refractivity contribution in [2.24, 2.45) is 23.0 Å². The fraction of sp³-hybridized carbons (Fsp3) is 0.533. The number of alkyl carbamates (subject to hydrolysis) is 1. The summed E-state index contributed by atoms with van der Waals surface area (Å²) in [5.74, 6) is -7.18. The number of nitrogens with two attached hydrogens (primary N) is 1. The molecule has 0 bridgehead atoms. The number of aliphatic hydroxyl groups excluding tert-OH is 2. The molecule has 0 aromatic heterocycles.